The average molecular weight is 248 g/mol. The Morgan fingerprint density at radius 2 is 2.06 bits per heavy atom. The first-order valence-corrected chi connectivity index (χ1v) is 6.79. The van der Waals surface area contributed by atoms with Crippen LogP contribution in [0.25, 0.3) is 10.2 Å². The fraction of sp³-hybridized carbons (Fsp3) is 0.500. The molecule has 0 bridgehead atoms. The van der Waals surface area contributed by atoms with Crippen molar-refractivity contribution in [2.24, 2.45) is 11.1 Å². The molecule has 2 rings (SSSR count). The molecule has 2 nitrogen and oxygen atoms in total. The molecule has 1 unspecified atom stereocenters. The van der Waals surface area contributed by atoms with E-state index in [0.717, 1.165) is 16.9 Å². The zero-order chi connectivity index (χ0) is 12.6. The summed E-state index contributed by atoms with van der Waals surface area (Å²) in [6.07, 6.45) is 0.863. The lowest BCUT2D eigenvalue weighted by Gasteiger charge is -2.26. The minimum Gasteiger partial charge on any atom is -0.327 e. The van der Waals surface area contributed by atoms with Gasteiger partial charge in [0.2, 0.25) is 0 Å². The maximum atomic E-state index is 6.20. The molecule has 0 aliphatic carbocycles. The second-order valence-electron chi connectivity index (χ2n) is 5.76. The molecule has 2 aromatic rings. The van der Waals surface area contributed by atoms with Gasteiger partial charge in [-0.25, -0.2) is 4.98 Å². The number of thiazole rings is 1. The van der Waals surface area contributed by atoms with E-state index in [9.17, 15) is 0 Å². The van der Waals surface area contributed by atoms with Crippen molar-refractivity contribution in [2.75, 3.05) is 0 Å². The number of rotatable bonds is 2. The van der Waals surface area contributed by atoms with Gasteiger partial charge in [-0.1, -0.05) is 26.8 Å². The van der Waals surface area contributed by atoms with Gasteiger partial charge in [0.05, 0.1) is 15.2 Å². The third-order valence-corrected chi connectivity index (χ3v) is 4.14. The minimum atomic E-state index is 0.133. The van der Waals surface area contributed by atoms with Gasteiger partial charge in [-0.2, -0.15) is 0 Å². The Morgan fingerprint density at radius 1 is 1.35 bits per heavy atom. The molecule has 1 aromatic carbocycles. The van der Waals surface area contributed by atoms with Crippen LogP contribution in [0.5, 0.6) is 0 Å². The van der Waals surface area contributed by atoms with Crippen LogP contribution in [-0.4, -0.2) is 11.0 Å². The highest BCUT2D eigenvalue weighted by atomic mass is 32.1. The summed E-state index contributed by atoms with van der Waals surface area (Å²) in [6, 6.07) is 6.55. The summed E-state index contributed by atoms with van der Waals surface area (Å²) in [7, 11) is 0. The third-order valence-electron chi connectivity index (χ3n) is 3.10. The molecule has 92 valence electrons. The van der Waals surface area contributed by atoms with E-state index in [-0.39, 0.29) is 11.5 Å². The summed E-state index contributed by atoms with van der Waals surface area (Å²) in [5, 5.41) is 1.15. The molecule has 3 heteroatoms. The lowest BCUT2D eigenvalue weighted by Crippen LogP contribution is -2.36. The van der Waals surface area contributed by atoms with E-state index < -0.39 is 0 Å². The van der Waals surface area contributed by atoms with Gasteiger partial charge < -0.3 is 5.73 Å². The van der Waals surface area contributed by atoms with E-state index in [0.29, 0.717) is 0 Å². The van der Waals surface area contributed by atoms with Crippen molar-refractivity contribution < 1.29 is 0 Å². The van der Waals surface area contributed by atoms with Crippen LogP contribution in [0.15, 0.2) is 18.2 Å². The Kier molecular flexibility index (Phi) is 3.23. The van der Waals surface area contributed by atoms with Crippen LogP contribution in [0.2, 0.25) is 0 Å². The summed E-state index contributed by atoms with van der Waals surface area (Å²) in [5.41, 5.74) is 8.71. The smallest absolute Gasteiger partial charge is 0.0954 e. The van der Waals surface area contributed by atoms with Crippen molar-refractivity contribution in [3.8, 4) is 0 Å². The van der Waals surface area contributed by atoms with Crippen molar-refractivity contribution in [2.45, 2.75) is 40.2 Å². The van der Waals surface area contributed by atoms with Crippen molar-refractivity contribution in [3.05, 3.63) is 28.8 Å². The number of nitrogens with two attached hydrogens (primary N) is 1. The summed E-state index contributed by atoms with van der Waals surface area (Å²) in [5.74, 6) is 0. The monoisotopic (exact) mass is 248 g/mol. The molecule has 0 amide bonds. The van der Waals surface area contributed by atoms with Crippen molar-refractivity contribution in [3.63, 3.8) is 0 Å². The topological polar surface area (TPSA) is 38.9 Å². The van der Waals surface area contributed by atoms with Crippen LogP contribution in [-0.2, 0) is 6.42 Å². The van der Waals surface area contributed by atoms with Crippen LogP contribution in [0.4, 0.5) is 0 Å². The predicted molar refractivity (Wildman–Crippen MR) is 75.5 cm³/mol. The Bertz CT molecular complexity index is 522. The largest absolute Gasteiger partial charge is 0.327 e. The van der Waals surface area contributed by atoms with Gasteiger partial charge in [-0.05, 0) is 30.0 Å². The highest BCUT2D eigenvalue weighted by molar-refractivity contribution is 7.18. The van der Waals surface area contributed by atoms with Crippen LogP contribution >= 0.6 is 11.3 Å². The van der Waals surface area contributed by atoms with Crippen molar-refractivity contribution in [1.82, 2.24) is 4.98 Å². The third kappa shape index (κ3) is 2.85. The first kappa shape index (κ1) is 12.5. The number of hydrogen-bond acceptors (Lipinski definition) is 3. The van der Waals surface area contributed by atoms with Crippen molar-refractivity contribution in [1.29, 1.82) is 0 Å². The zero-order valence-corrected chi connectivity index (χ0v) is 11.8. The van der Waals surface area contributed by atoms with E-state index >= 15 is 0 Å². The van der Waals surface area contributed by atoms with Gasteiger partial charge in [0.15, 0.2) is 0 Å². The van der Waals surface area contributed by atoms with Crippen LogP contribution in [0.3, 0.4) is 0 Å². The first-order valence-electron chi connectivity index (χ1n) is 5.98. The highest BCUT2D eigenvalue weighted by Gasteiger charge is 2.22. The fourth-order valence-corrected chi connectivity index (χ4v) is 2.78. The first-order chi connectivity index (χ1) is 7.86. The molecular weight excluding hydrogens is 228 g/mol. The number of hydrogen-bond donors (Lipinski definition) is 1. The molecule has 1 aromatic heterocycles. The molecule has 17 heavy (non-hydrogen) atoms. The lowest BCUT2D eigenvalue weighted by atomic mass is 9.86. The molecule has 0 saturated heterocycles. The quantitative estimate of drug-likeness (QED) is 0.883. The Morgan fingerprint density at radius 3 is 2.71 bits per heavy atom. The second kappa shape index (κ2) is 4.39. The van der Waals surface area contributed by atoms with Gasteiger partial charge in [-0.3, -0.25) is 0 Å². The number of benzene rings is 1. The fourth-order valence-electron chi connectivity index (χ4n) is 1.66. The van der Waals surface area contributed by atoms with Gasteiger partial charge in [0, 0.05) is 12.5 Å². The maximum Gasteiger partial charge on any atom is 0.0954 e. The number of aryl methyl sites for hydroxylation is 1. The minimum absolute atomic E-state index is 0.133. The summed E-state index contributed by atoms with van der Waals surface area (Å²) in [6.45, 7) is 8.64. The number of fused-ring (bicyclic) bond motifs is 1. The Balaban J connectivity index is 2.25. The van der Waals surface area contributed by atoms with Gasteiger partial charge in [-0.15, -0.1) is 11.3 Å². The standard InChI is InChI=1S/C14H20N2S/c1-9-5-6-10-11(7-9)17-13(16-10)8-12(15)14(2,3)4/h5-7,12H,8,15H2,1-4H3. The van der Waals surface area contributed by atoms with Gasteiger partial charge >= 0.3 is 0 Å². The van der Waals surface area contributed by atoms with E-state index in [2.05, 4.69) is 50.9 Å². The predicted octanol–water partition coefficient (Wildman–Crippen LogP) is 3.52. The van der Waals surface area contributed by atoms with E-state index in [1.807, 2.05) is 0 Å². The Labute approximate surface area is 107 Å². The summed E-state index contributed by atoms with van der Waals surface area (Å²) < 4.78 is 1.26. The van der Waals surface area contributed by atoms with Crippen LogP contribution < -0.4 is 5.73 Å². The zero-order valence-electron chi connectivity index (χ0n) is 10.9. The maximum absolute atomic E-state index is 6.20. The summed E-state index contributed by atoms with van der Waals surface area (Å²) >= 11 is 1.76. The molecule has 0 spiro atoms. The lowest BCUT2D eigenvalue weighted by molar-refractivity contribution is 0.318. The molecule has 1 atom stereocenters. The summed E-state index contributed by atoms with van der Waals surface area (Å²) in [4.78, 5) is 4.65. The molecule has 0 aliphatic heterocycles. The molecule has 0 saturated carbocycles. The van der Waals surface area contributed by atoms with Crippen LogP contribution in [0.1, 0.15) is 31.3 Å². The van der Waals surface area contributed by atoms with Gasteiger partial charge in [0.25, 0.3) is 0 Å². The number of aromatic nitrogens is 1. The SMILES string of the molecule is Cc1ccc2nc(CC(N)C(C)(C)C)sc2c1. The molecular formula is C14H20N2S. The molecule has 1 heterocycles. The normalized spacial score (nSPS) is 14.2. The van der Waals surface area contributed by atoms with E-state index in [4.69, 9.17) is 5.73 Å². The van der Waals surface area contributed by atoms with Crippen molar-refractivity contribution >= 4 is 21.6 Å². The molecule has 0 aliphatic rings. The second-order valence-corrected chi connectivity index (χ2v) is 6.87. The molecule has 0 radical (unpaired) electrons. The number of nitrogens with zero attached hydrogens (tertiary/aromatic N) is 1. The highest BCUT2D eigenvalue weighted by Crippen LogP contribution is 2.27. The van der Waals surface area contributed by atoms with Crippen LogP contribution in [0, 0.1) is 12.3 Å². The molecule has 2 N–H and O–H groups in total. The van der Waals surface area contributed by atoms with Gasteiger partial charge in [0.1, 0.15) is 0 Å². The van der Waals surface area contributed by atoms with E-state index in [1.165, 1.54) is 10.3 Å². The Hall–Kier alpha value is -0.930. The van der Waals surface area contributed by atoms with E-state index in [1.54, 1.807) is 11.3 Å². The average Bonchev–Trinajstić information content (AvgIpc) is 2.57. The molecule has 0 fully saturated rings.